The average molecular weight is 322 g/mol. The lowest BCUT2D eigenvalue weighted by atomic mass is 10.2. The molecule has 6 heteroatoms. The molecule has 0 radical (unpaired) electrons. The molecule has 3 heterocycles. The average Bonchev–Trinajstić information content (AvgIpc) is 3.26. The molecule has 0 saturated carbocycles. The first-order valence-electron chi connectivity index (χ1n) is 7.95. The highest BCUT2D eigenvalue weighted by Gasteiger charge is 2.27. The molecule has 2 saturated heterocycles. The number of rotatable bonds is 5. The summed E-state index contributed by atoms with van der Waals surface area (Å²) in [5, 5.41) is 3.73. The summed E-state index contributed by atoms with van der Waals surface area (Å²) in [5.41, 5.74) is 0.664. The molecule has 22 heavy (non-hydrogen) atoms. The topological polar surface area (TPSA) is 49.9 Å². The van der Waals surface area contributed by atoms with Crippen molar-refractivity contribution in [2.75, 3.05) is 32.8 Å². The second kappa shape index (κ2) is 7.24. The molecule has 120 valence electrons. The fourth-order valence-electron chi connectivity index (χ4n) is 3.05. The van der Waals surface area contributed by atoms with Crippen LogP contribution >= 0.6 is 11.3 Å². The van der Waals surface area contributed by atoms with Crippen LogP contribution in [0.2, 0.25) is 0 Å². The van der Waals surface area contributed by atoms with Crippen LogP contribution in [0.5, 0.6) is 0 Å². The Morgan fingerprint density at radius 1 is 1.32 bits per heavy atom. The summed E-state index contributed by atoms with van der Waals surface area (Å²) in [4.78, 5) is 28.6. The smallest absolute Gasteiger partial charge is 0.255 e. The minimum absolute atomic E-state index is 0.0547. The highest BCUT2D eigenvalue weighted by Crippen LogP contribution is 2.17. The predicted molar refractivity (Wildman–Crippen MR) is 85.0 cm³/mol. The van der Waals surface area contributed by atoms with Crippen molar-refractivity contribution in [1.82, 2.24) is 9.80 Å². The van der Waals surface area contributed by atoms with E-state index < -0.39 is 0 Å². The van der Waals surface area contributed by atoms with Crippen molar-refractivity contribution in [2.45, 2.75) is 31.8 Å². The molecule has 1 aromatic heterocycles. The fourth-order valence-corrected chi connectivity index (χ4v) is 3.68. The lowest BCUT2D eigenvalue weighted by Crippen LogP contribution is -2.44. The van der Waals surface area contributed by atoms with Crippen LogP contribution < -0.4 is 0 Å². The molecule has 1 aromatic rings. The van der Waals surface area contributed by atoms with E-state index in [9.17, 15) is 9.59 Å². The molecule has 3 rings (SSSR count). The number of likely N-dealkylation sites (tertiary alicyclic amines) is 1. The molecule has 5 nitrogen and oxygen atoms in total. The van der Waals surface area contributed by atoms with Crippen molar-refractivity contribution in [3.05, 3.63) is 22.4 Å². The maximum atomic E-state index is 12.7. The van der Waals surface area contributed by atoms with Gasteiger partial charge in [-0.15, -0.1) is 0 Å². The summed E-state index contributed by atoms with van der Waals surface area (Å²) in [7, 11) is 0. The van der Waals surface area contributed by atoms with E-state index in [2.05, 4.69) is 0 Å². The van der Waals surface area contributed by atoms with Gasteiger partial charge in [-0.05, 0) is 37.1 Å². The molecule has 2 amide bonds. The van der Waals surface area contributed by atoms with E-state index in [-0.39, 0.29) is 24.5 Å². The third kappa shape index (κ3) is 3.67. The van der Waals surface area contributed by atoms with E-state index in [0.717, 1.165) is 45.4 Å². The van der Waals surface area contributed by atoms with Crippen LogP contribution in [-0.4, -0.2) is 60.5 Å². The molecule has 2 aliphatic rings. The number of carbonyl (C=O) groups is 2. The summed E-state index contributed by atoms with van der Waals surface area (Å²) >= 11 is 1.50. The number of amides is 2. The number of thiophene rings is 1. The quantitative estimate of drug-likeness (QED) is 0.833. The minimum Gasteiger partial charge on any atom is -0.376 e. The van der Waals surface area contributed by atoms with Gasteiger partial charge in [-0.1, -0.05) is 0 Å². The lowest BCUT2D eigenvalue weighted by Gasteiger charge is -2.27. The lowest BCUT2D eigenvalue weighted by molar-refractivity contribution is -0.131. The monoisotopic (exact) mass is 322 g/mol. The summed E-state index contributed by atoms with van der Waals surface area (Å²) in [6.07, 6.45) is 4.19. The number of ether oxygens (including phenoxy) is 1. The SMILES string of the molecule is O=C(CN(C[C@@H]1CCCO1)C(=O)c1ccsc1)N1CCCC1. The zero-order valence-corrected chi connectivity index (χ0v) is 13.5. The molecule has 0 unspecified atom stereocenters. The third-order valence-corrected chi connectivity index (χ3v) is 4.97. The summed E-state index contributed by atoms with van der Waals surface area (Å²) in [6, 6.07) is 1.82. The Labute approximate surface area is 134 Å². The molecule has 0 spiro atoms. The van der Waals surface area contributed by atoms with E-state index >= 15 is 0 Å². The number of carbonyl (C=O) groups excluding carboxylic acids is 2. The Bertz CT molecular complexity index is 505. The molecule has 0 aliphatic carbocycles. The minimum atomic E-state index is -0.0655. The molecule has 0 bridgehead atoms. The maximum Gasteiger partial charge on any atom is 0.255 e. The van der Waals surface area contributed by atoms with Gasteiger partial charge in [0.1, 0.15) is 6.54 Å². The Kier molecular flexibility index (Phi) is 5.10. The van der Waals surface area contributed by atoms with Crippen LogP contribution in [0.1, 0.15) is 36.0 Å². The number of hydrogen-bond donors (Lipinski definition) is 0. The van der Waals surface area contributed by atoms with Crippen molar-refractivity contribution in [2.24, 2.45) is 0 Å². The second-order valence-electron chi connectivity index (χ2n) is 5.92. The van der Waals surface area contributed by atoms with E-state index in [1.54, 1.807) is 4.90 Å². The van der Waals surface area contributed by atoms with Gasteiger partial charge in [-0.2, -0.15) is 11.3 Å². The third-order valence-electron chi connectivity index (χ3n) is 4.29. The molecular weight excluding hydrogens is 300 g/mol. The number of hydrogen-bond acceptors (Lipinski definition) is 4. The zero-order valence-electron chi connectivity index (χ0n) is 12.7. The van der Waals surface area contributed by atoms with Crippen LogP contribution in [0.15, 0.2) is 16.8 Å². The highest BCUT2D eigenvalue weighted by atomic mass is 32.1. The van der Waals surface area contributed by atoms with Crippen molar-refractivity contribution in [3.63, 3.8) is 0 Å². The van der Waals surface area contributed by atoms with Gasteiger partial charge in [0.25, 0.3) is 5.91 Å². The highest BCUT2D eigenvalue weighted by molar-refractivity contribution is 7.08. The summed E-state index contributed by atoms with van der Waals surface area (Å²) < 4.78 is 5.64. The standard InChI is InChI=1S/C16H22N2O3S/c19-15(17-6-1-2-7-17)11-18(10-14-4-3-8-21-14)16(20)13-5-9-22-12-13/h5,9,12,14H,1-4,6-8,10-11H2/t14-/m0/s1. The van der Waals surface area contributed by atoms with E-state index in [0.29, 0.717) is 12.1 Å². The van der Waals surface area contributed by atoms with Gasteiger partial charge in [0.2, 0.25) is 5.91 Å². The molecule has 0 N–H and O–H groups in total. The van der Waals surface area contributed by atoms with Crippen LogP contribution in [0.4, 0.5) is 0 Å². The number of nitrogens with zero attached hydrogens (tertiary/aromatic N) is 2. The molecular formula is C16H22N2O3S. The van der Waals surface area contributed by atoms with Crippen molar-refractivity contribution < 1.29 is 14.3 Å². The van der Waals surface area contributed by atoms with Gasteiger partial charge in [0, 0.05) is 31.6 Å². The molecule has 2 fully saturated rings. The normalized spacial score (nSPS) is 21.3. The largest absolute Gasteiger partial charge is 0.376 e. The van der Waals surface area contributed by atoms with Gasteiger partial charge in [-0.3, -0.25) is 9.59 Å². The van der Waals surface area contributed by atoms with Gasteiger partial charge < -0.3 is 14.5 Å². The summed E-state index contributed by atoms with van der Waals surface area (Å²) in [5.74, 6) is -0.0108. The van der Waals surface area contributed by atoms with E-state index in [1.165, 1.54) is 11.3 Å². The first-order chi connectivity index (χ1) is 10.7. The second-order valence-corrected chi connectivity index (χ2v) is 6.70. The molecule has 0 aromatic carbocycles. The van der Waals surface area contributed by atoms with Crippen molar-refractivity contribution >= 4 is 23.2 Å². The van der Waals surface area contributed by atoms with Crippen LogP contribution in [0.25, 0.3) is 0 Å². The fraction of sp³-hybridized carbons (Fsp3) is 0.625. The maximum absolute atomic E-state index is 12.7. The summed E-state index contributed by atoms with van der Waals surface area (Å²) in [6.45, 7) is 3.06. The van der Waals surface area contributed by atoms with Gasteiger partial charge in [0.05, 0.1) is 11.7 Å². The van der Waals surface area contributed by atoms with Gasteiger partial charge in [-0.25, -0.2) is 0 Å². The molecule has 2 aliphatic heterocycles. The van der Waals surface area contributed by atoms with Gasteiger partial charge in [0.15, 0.2) is 0 Å². The predicted octanol–water partition coefficient (Wildman–Crippen LogP) is 1.99. The van der Waals surface area contributed by atoms with Crippen molar-refractivity contribution in [1.29, 1.82) is 0 Å². The Hall–Kier alpha value is -1.40. The Balaban J connectivity index is 1.67. The zero-order chi connectivity index (χ0) is 15.4. The van der Waals surface area contributed by atoms with E-state index in [1.807, 2.05) is 21.7 Å². The van der Waals surface area contributed by atoms with Crippen LogP contribution in [-0.2, 0) is 9.53 Å². The van der Waals surface area contributed by atoms with Crippen molar-refractivity contribution in [3.8, 4) is 0 Å². The first kappa shape index (κ1) is 15.5. The Morgan fingerprint density at radius 2 is 2.14 bits per heavy atom. The first-order valence-corrected chi connectivity index (χ1v) is 8.89. The molecule has 1 atom stereocenters. The van der Waals surface area contributed by atoms with Crippen LogP contribution in [0.3, 0.4) is 0 Å². The van der Waals surface area contributed by atoms with Crippen LogP contribution in [0, 0.1) is 0 Å². The van der Waals surface area contributed by atoms with Gasteiger partial charge >= 0.3 is 0 Å². The Morgan fingerprint density at radius 3 is 2.77 bits per heavy atom. The van der Waals surface area contributed by atoms with E-state index in [4.69, 9.17) is 4.74 Å².